The van der Waals surface area contributed by atoms with E-state index in [0.29, 0.717) is 11.9 Å². The van der Waals surface area contributed by atoms with Crippen LogP contribution >= 0.6 is 22.6 Å². The molecule has 0 aliphatic heterocycles. The summed E-state index contributed by atoms with van der Waals surface area (Å²) < 4.78 is 2.80. The number of nitrogens with two attached hydrogens (primary N) is 1. The number of nitrogen functional groups attached to an aromatic ring is 1. The van der Waals surface area contributed by atoms with Gasteiger partial charge in [-0.15, -0.1) is 0 Å². The number of halogens is 1. The Bertz CT molecular complexity index is 650. The number of anilines is 1. The minimum absolute atomic E-state index is 0.192. The number of nitriles is 1. The molecule has 1 aliphatic rings. The van der Waals surface area contributed by atoms with Gasteiger partial charge in [0.25, 0.3) is 0 Å². The lowest BCUT2D eigenvalue weighted by Gasteiger charge is -2.25. The second-order valence-corrected chi connectivity index (χ2v) is 5.85. The number of hydrogen-bond acceptors (Lipinski definition) is 5. The van der Waals surface area contributed by atoms with Gasteiger partial charge in [-0.3, -0.25) is 0 Å². The number of fused-ring (bicyclic) bond motifs is 1. The molecule has 3 rings (SSSR count). The van der Waals surface area contributed by atoms with Crippen molar-refractivity contribution in [3.63, 3.8) is 0 Å². The van der Waals surface area contributed by atoms with E-state index in [2.05, 4.69) is 43.7 Å². The van der Waals surface area contributed by atoms with Crippen LogP contribution in [0.2, 0.25) is 0 Å². The van der Waals surface area contributed by atoms with Crippen LogP contribution in [0.1, 0.15) is 31.7 Å². The molecular weight excluding hydrogens is 355 g/mol. The van der Waals surface area contributed by atoms with Crippen molar-refractivity contribution >= 4 is 39.4 Å². The Morgan fingerprint density at radius 2 is 2.05 bits per heavy atom. The molecule has 0 amide bonds. The van der Waals surface area contributed by atoms with Gasteiger partial charge in [-0.2, -0.15) is 10.4 Å². The third kappa shape index (κ3) is 2.14. The SMILES string of the molecule is N#C[C@H]1CC[C@H](n2nc(I)c3c(N)ncnc32)CC1. The van der Waals surface area contributed by atoms with Crippen molar-refractivity contribution < 1.29 is 0 Å². The van der Waals surface area contributed by atoms with Crippen LogP contribution < -0.4 is 5.73 Å². The Morgan fingerprint density at radius 3 is 2.74 bits per heavy atom. The Morgan fingerprint density at radius 1 is 1.32 bits per heavy atom. The van der Waals surface area contributed by atoms with E-state index in [-0.39, 0.29) is 5.92 Å². The first-order valence-corrected chi connectivity index (χ1v) is 7.32. The monoisotopic (exact) mass is 368 g/mol. The smallest absolute Gasteiger partial charge is 0.164 e. The number of nitrogens with zero attached hydrogens (tertiary/aromatic N) is 5. The first-order valence-electron chi connectivity index (χ1n) is 6.24. The summed E-state index contributed by atoms with van der Waals surface area (Å²) >= 11 is 2.17. The fraction of sp³-hybridized carbons (Fsp3) is 0.500. The molecule has 0 bridgehead atoms. The van der Waals surface area contributed by atoms with Gasteiger partial charge in [-0.25, -0.2) is 14.6 Å². The maximum absolute atomic E-state index is 8.95. The van der Waals surface area contributed by atoms with E-state index in [9.17, 15) is 0 Å². The standard InChI is InChI=1S/C12H13IN6/c13-10-9-11(15)16-6-17-12(9)19(18-10)8-3-1-7(5-14)2-4-8/h6-8H,1-4H2,(H2,15,16,17)/t7-,8-. The summed E-state index contributed by atoms with van der Waals surface area (Å²) in [6.45, 7) is 0. The normalized spacial score (nSPS) is 23.4. The lowest BCUT2D eigenvalue weighted by Crippen LogP contribution is -2.18. The van der Waals surface area contributed by atoms with Gasteiger partial charge in [0.2, 0.25) is 0 Å². The topological polar surface area (TPSA) is 93.4 Å². The molecule has 19 heavy (non-hydrogen) atoms. The summed E-state index contributed by atoms with van der Waals surface area (Å²) in [5, 5.41) is 14.4. The molecule has 1 aliphatic carbocycles. The zero-order valence-electron chi connectivity index (χ0n) is 10.3. The molecule has 98 valence electrons. The third-order valence-electron chi connectivity index (χ3n) is 3.70. The van der Waals surface area contributed by atoms with Crippen LogP contribution in [0.3, 0.4) is 0 Å². The summed E-state index contributed by atoms with van der Waals surface area (Å²) in [6, 6.07) is 2.66. The molecule has 0 radical (unpaired) electrons. The molecule has 0 aromatic carbocycles. The average molecular weight is 368 g/mol. The summed E-state index contributed by atoms with van der Waals surface area (Å²) in [7, 11) is 0. The van der Waals surface area contributed by atoms with Crippen LogP contribution in [-0.4, -0.2) is 19.7 Å². The van der Waals surface area contributed by atoms with Gasteiger partial charge in [-0.05, 0) is 48.3 Å². The maximum atomic E-state index is 8.95. The molecule has 0 atom stereocenters. The quantitative estimate of drug-likeness (QED) is 0.780. The molecule has 6 nitrogen and oxygen atoms in total. The molecule has 0 spiro atoms. The molecule has 2 heterocycles. The molecule has 0 saturated heterocycles. The van der Waals surface area contributed by atoms with Crippen LogP contribution in [0.5, 0.6) is 0 Å². The van der Waals surface area contributed by atoms with Crippen molar-refractivity contribution in [2.45, 2.75) is 31.7 Å². The molecule has 1 saturated carbocycles. The zero-order chi connectivity index (χ0) is 13.4. The highest BCUT2D eigenvalue weighted by atomic mass is 127. The van der Waals surface area contributed by atoms with Gasteiger partial charge < -0.3 is 5.73 Å². The van der Waals surface area contributed by atoms with E-state index in [0.717, 1.165) is 40.4 Å². The van der Waals surface area contributed by atoms with Gasteiger partial charge in [0.1, 0.15) is 15.8 Å². The summed E-state index contributed by atoms with van der Waals surface area (Å²) in [6.07, 6.45) is 5.27. The van der Waals surface area contributed by atoms with Crippen molar-refractivity contribution in [1.29, 1.82) is 5.26 Å². The number of rotatable bonds is 1. The Kier molecular flexibility index (Phi) is 3.26. The highest BCUT2D eigenvalue weighted by molar-refractivity contribution is 14.1. The predicted molar refractivity (Wildman–Crippen MR) is 79.1 cm³/mol. The minimum atomic E-state index is 0.192. The van der Waals surface area contributed by atoms with Gasteiger partial charge in [0.15, 0.2) is 5.65 Å². The van der Waals surface area contributed by atoms with Crippen molar-refractivity contribution in [1.82, 2.24) is 19.7 Å². The summed E-state index contributed by atoms with van der Waals surface area (Å²) in [4.78, 5) is 8.33. The van der Waals surface area contributed by atoms with Crippen LogP contribution in [0.15, 0.2) is 6.33 Å². The van der Waals surface area contributed by atoms with Gasteiger partial charge in [0.05, 0.1) is 17.5 Å². The number of hydrogen-bond donors (Lipinski definition) is 1. The highest BCUT2D eigenvalue weighted by Crippen LogP contribution is 2.34. The maximum Gasteiger partial charge on any atom is 0.164 e. The van der Waals surface area contributed by atoms with E-state index in [1.165, 1.54) is 6.33 Å². The molecule has 2 N–H and O–H groups in total. The van der Waals surface area contributed by atoms with E-state index >= 15 is 0 Å². The van der Waals surface area contributed by atoms with E-state index in [1.54, 1.807) is 0 Å². The molecule has 1 fully saturated rings. The van der Waals surface area contributed by atoms with Crippen LogP contribution in [0.4, 0.5) is 5.82 Å². The second kappa shape index (κ2) is 4.92. The van der Waals surface area contributed by atoms with E-state index in [1.807, 2.05) is 4.68 Å². The molecule has 2 aromatic heterocycles. The van der Waals surface area contributed by atoms with Gasteiger partial charge >= 0.3 is 0 Å². The lowest BCUT2D eigenvalue weighted by atomic mass is 9.87. The second-order valence-electron chi connectivity index (χ2n) is 4.83. The molecule has 2 aromatic rings. The van der Waals surface area contributed by atoms with Gasteiger partial charge in [0, 0.05) is 5.92 Å². The van der Waals surface area contributed by atoms with Crippen molar-refractivity contribution in [2.75, 3.05) is 5.73 Å². The van der Waals surface area contributed by atoms with E-state index < -0.39 is 0 Å². The van der Waals surface area contributed by atoms with Crippen molar-refractivity contribution in [3.8, 4) is 6.07 Å². The molecular formula is C12H13IN6. The highest BCUT2D eigenvalue weighted by Gasteiger charge is 2.25. The first kappa shape index (κ1) is 12.6. The summed E-state index contributed by atoms with van der Waals surface area (Å²) in [5.41, 5.74) is 6.69. The predicted octanol–water partition coefficient (Wildman–Crippen LogP) is 2.27. The minimum Gasteiger partial charge on any atom is -0.383 e. The molecule has 0 unspecified atom stereocenters. The van der Waals surface area contributed by atoms with Crippen LogP contribution in [-0.2, 0) is 0 Å². The summed E-state index contributed by atoms with van der Waals surface area (Å²) in [5.74, 6) is 0.670. The Hall–Kier alpha value is -1.43. The van der Waals surface area contributed by atoms with Gasteiger partial charge in [-0.1, -0.05) is 0 Å². The first-order chi connectivity index (χ1) is 9.20. The van der Waals surface area contributed by atoms with E-state index in [4.69, 9.17) is 11.0 Å². The van der Waals surface area contributed by atoms with Crippen molar-refractivity contribution in [3.05, 3.63) is 10.0 Å². The number of aromatic nitrogens is 4. The van der Waals surface area contributed by atoms with Crippen molar-refractivity contribution in [2.24, 2.45) is 5.92 Å². The van der Waals surface area contributed by atoms with Crippen LogP contribution in [0.25, 0.3) is 11.0 Å². The molecule has 7 heteroatoms. The third-order valence-corrected chi connectivity index (χ3v) is 4.46. The zero-order valence-corrected chi connectivity index (χ0v) is 12.4. The fourth-order valence-corrected chi connectivity index (χ4v) is 3.41. The largest absolute Gasteiger partial charge is 0.383 e. The Labute approximate surface area is 124 Å². The van der Waals surface area contributed by atoms with Crippen LogP contribution in [0, 0.1) is 20.9 Å². The fourth-order valence-electron chi connectivity index (χ4n) is 2.66. The average Bonchev–Trinajstić information content (AvgIpc) is 2.78. The lowest BCUT2D eigenvalue weighted by molar-refractivity contribution is 0.299. The Balaban J connectivity index is 1.99.